The number of amides is 3. The Morgan fingerprint density at radius 1 is 1.18 bits per heavy atom. The van der Waals surface area contributed by atoms with Gasteiger partial charge in [0.15, 0.2) is 0 Å². The quantitative estimate of drug-likeness (QED) is 0.382. The third-order valence-corrected chi connectivity index (χ3v) is 3.54. The smallest absolute Gasteiger partial charge is 0.319 e. The fourth-order valence-electron chi connectivity index (χ4n) is 2.11. The van der Waals surface area contributed by atoms with Gasteiger partial charge in [0.1, 0.15) is 6.54 Å². The van der Waals surface area contributed by atoms with E-state index in [1.165, 1.54) is 30.5 Å². The Kier molecular flexibility index (Phi) is 7.03. The van der Waals surface area contributed by atoms with Crippen molar-refractivity contribution < 1.29 is 14.5 Å². The van der Waals surface area contributed by atoms with Gasteiger partial charge in [0.05, 0.1) is 11.1 Å². The molecule has 0 aromatic heterocycles. The highest BCUT2D eigenvalue weighted by Gasteiger charge is 2.09. The number of nitrogens with zero attached hydrogens (tertiary/aromatic N) is 3. The number of nitrogens with one attached hydrogen (secondary N) is 3. The molecule has 0 saturated carbocycles. The minimum absolute atomic E-state index is 0.150. The number of hydrazone groups is 1. The van der Waals surface area contributed by atoms with Gasteiger partial charge in [0, 0.05) is 37.6 Å². The van der Waals surface area contributed by atoms with E-state index in [0.29, 0.717) is 0 Å². The molecule has 10 nitrogen and oxygen atoms in total. The maximum Gasteiger partial charge on any atom is 0.319 e. The fourth-order valence-corrected chi connectivity index (χ4v) is 2.11. The molecule has 146 valence electrons. The summed E-state index contributed by atoms with van der Waals surface area (Å²) in [5.74, 6) is -0.518. The van der Waals surface area contributed by atoms with Crippen LogP contribution in [-0.2, 0) is 4.79 Å². The van der Waals surface area contributed by atoms with Crippen LogP contribution in [0.1, 0.15) is 5.56 Å². The summed E-state index contributed by atoms with van der Waals surface area (Å²) >= 11 is 0. The van der Waals surface area contributed by atoms with E-state index in [9.17, 15) is 19.7 Å². The minimum Gasteiger partial charge on any atom is -0.378 e. The van der Waals surface area contributed by atoms with Crippen molar-refractivity contribution >= 4 is 35.2 Å². The number of rotatable bonds is 7. The second kappa shape index (κ2) is 9.67. The molecule has 10 heteroatoms. The third kappa shape index (κ3) is 6.41. The molecule has 2 aromatic rings. The molecule has 3 amide bonds. The van der Waals surface area contributed by atoms with Crippen LogP contribution in [0.3, 0.4) is 0 Å². The maximum absolute atomic E-state index is 11.8. The molecule has 0 saturated heterocycles. The van der Waals surface area contributed by atoms with Crippen molar-refractivity contribution in [3.8, 4) is 0 Å². The first kappa shape index (κ1) is 20.4. The molecule has 0 aliphatic heterocycles. The summed E-state index contributed by atoms with van der Waals surface area (Å²) in [4.78, 5) is 35.6. The molecule has 0 aliphatic rings. The highest BCUT2D eigenvalue weighted by molar-refractivity contribution is 5.92. The Labute approximate surface area is 161 Å². The highest BCUT2D eigenvalue weighted by atomic mass is 16.6. The second-order valence-electron chi connectivity index (χ2n) is 5.89. The van der Waals surface area contributed by atoms with Gasteiger partial charge in [0.2, 0.25) is 0 Å². The lowest BCUT2D eigenvalue weighted by atomic mass is 10.2. The predicted octanol–water partition coefficient (Wildman–Crippen LogP) is 1.93. The zero-order chi connectivity index (χ0) is 20.5. The Hall–Kier alpha value is -3.95. The second-order valence-corrected chi connectivity index (χ2v) is 5.89. The highest BCUT2D eigenvalue weighted by Crippen LogP contribution is 2.16. The van der Waals surface area contributed by atoms with Crippen LogP contribution in [0, 0.1) is 10.1 Å². The average Bonchev–Trinajstić information content (AvgIpc) is 2.67. The summed E-state index contributed by atoms with van der Waals surface area (Å²) in [6, 6.07) is 12.4. The maximum atomic E-state index is 11.8. The summed E-state index contributed by atoms with van der Waals surface area (Å²) in [5.41, 5.74) is 4.24. The van der Waals surface area contributed by atoms with Gasteiger partial charge in [-0.2, -0.15) is 5.10 Å². The van der Waals surface area contributed by atoms with Gasteiger partial charge in [-0.25, -0.2) is 10.2 Å². The standard InChI is InChI=1S/C18H20N6O4/c1-23(2)15-8-6-13(7-9-15)11-20-22-17(25)12-19-18(26)21-14-4-3-5-16(10-14)24(27)28/h3-11H,12H2,1-2H3,(H,22,25)(H2,19,21,26). The molecule has 0 radical (unpaired) electrons. The third-order valence-electron chi connectivity index (χ3n) is 3.54. The molecular formula is C18H20N6O4. The monoisotopic (exact) mass is 384 g/mol. The molecule has 0 bridgehead atoms. The first-order chi connectivity index (χ1) is 13.3. The van der Waals surface area contributed by atoms with Crippen LogP contribution >= 0.6 is 0 Å². The van der Waals surface area contributed by atoms with Crippen molar-refractivity contribution in [1.29, 1.82) is 0 Å². The normalized spacial score (nSPS) is 10.4. The molecule has 0 aliphatic carbocycles. The molecule has 2 aromatic carbocycles. The number of urea groups is 1. The van der Waals surface area contributed by atoms with E-state index in [1.54, 1.807) is 0 Å². The Balaban J connectivity index is 1.76. The van der Waals surface area contributed by atoms with Gasteiger partial charge < -0.3 is 15.5 Å². The summed E-state index contributed by atoms with van der Waals surface area (Å²) in [6.45, 7) is -0.308. The minimum atomic E-state index is -0.668. The molecule has 0 atom stereocenters. The number of nitro benzene ring substituents is 1. The van der Waals surface area contributed by atoms with Crippen LogP contribution in [0.4, 0.5) is 21.9 Å². The summed E-state index contributed by atoms with van der Waals surface area (Å²) in [5, 5.41) is 19.3. The number of nitro groups is 1. The number of carbonyl (C=O) groups excluding carboxylic acids is 2. The van der Waals surface area contributed by atoms with Crippen molar-refractivity contribution in [2.75, 3.05) is 30.9 Å². The van der Waals surface area contributed by atoms with Gasteiger partial charge in [0.25, 0.3) is 11.6 Å². The van der Waals surface area contributed by atoms with Crippen molar-refractivity contribution in [3.05, 3.63) is 64.2 Å². The van der Waals surface area contributed by atoms with E-state index < -0.39 is 16.9 Å². The van der Waals surface area contributed by atoms with E-state index >= 15 is 0 Å². The number of non-ortho nitro benzene ring substituents is 1. The van der Waals surface area contributed by atoms with Crippen LogP contribution in [-0.4, -0.2) is 43.7 Å². The molecule has 0 heterocycles. The van der Waals surface area contributed by atoms with Crippen LogP contribution in [0.5, 0.6) is 0 Å². The Bertz CT molecular complexity index is 880. The van der Waals surface area contributed by atoms with E-state index in [1.807, 2.05) is 43.3 Å². The van der Waals surface area contributed by atoms with E-state index in [4.69, 9.17) is 0 Å². The van der Waals surface area contributed by atoms with Crippen molar-refractivity contribution in [3.63, 3.8) is 0 Å². The number of carbonyl (C=O) groups is 2. The van der Waals surface area contributed by atoms with Crippen LogP contribution in [0.25, 0.3) is 0 Å². The van der Waals surface area contributed by atoms with E-state index in [0.717, 1.165) is 11.3 Å². The summed E-state index contributed by atoms with van der Waals surface area (Å²) in [6.07, 6.45) is 1.49. The van der Waals surface area contributed by atoms with Gasteiger partial charge in [-0.3, -0.25) is 14.9 Å². The Morgan fingerprint density at radius 2 is 1.89 bits per heavy atom. The van der Waals surface area contributed by atoms with Gasteiger partial charge in [-0.15, -0.1) is 0 Å². The van der Waals surface area contributed by atoms with Gasteiger partial charge in [-0.05, 0) is 23.8 Å². The van der Waals surface area contributed by atoms with E-state index in [-0.39, 0.29) is 17.9 Å². The van der Waals surface area contributed by atoms with Gasteiger partial charge in [-0.1, -0.05) is 18.2 Å². The average molecular weight is 384 g/mol. The Morgan fingerprint density at radius 3 is 2.54 bits per heavy atom. The lowest BCUT2D eigenvalue weighted by Crippen LogP contribution is -2.37. The first-order valence-electron chi connectivity index (χ1n) is 8.24. The SMILES string of the molecule is CN(C)c1ccc(C=NNC(=O)CNC(=O)Nc2cccc([N+](=O)[O-])c2)cc1. The molecule has 0 spiro atoms. The van der Waals surface area contributed by atoms with Gasteiger partial charge >= 0.3 is 6.03 Å². The zero-order valence-corrected chi connectivity index (χ0v) is 15.4. The van der Waals surface area contributed by atoms with Crippen molar-refractivity contribution in [2.45, 2.75) is 0 Å². The largest absolute Gasteiger partial charge is 0.378 e. The topological polar surface area (TPSA) is 129 Å². The first-order valence-corrected chi connectivity index (χ1v) is 8.24. The molecule has 28 heavy (non-hydrogen) atoms. The van der Waals surface area contributed by atoms with E-state index in [2.05, 4.69) is 21.2 Å². The summed E-state index contributed by atoms with van der Waals surface area (Å²) < 4.78 is 0. The zero-order valence-electron chi connectivity index (χ0n) is 15.4. The number of hydrogen-bond donors (Lipinski definition) is 3. The van der Waals surface area contributed by atoms with Crippen LogP contribution in [0.2, 0.25) is 0 Å². The van der Waals surface area contributed by atoms with Crippen LogP contribution in [0.15, 0.2) is 53.6 Å². The molecule has 0 unspecified atom stereocenters. The van der Waals surface area contributed by atoms with Crippen LogP contribution < -0.4 is 21.0 Å². The fraction of sp³-hybridized carbons (Fsp3) is 0.167. The molecule has 2 rings (SSSR count). The number of benzene rings is 2. The summed E-state index contributed by atoms with van der Waals surface area (Å²) in [7, 11) is 3.87. The van der Waals surface area contributed by atoms with Crippen molar-refractivity contribution in [1.82, 2.24) is 10.7 Å². The van der Waals surface area contributed by atoms with Crippen molar-refractivity contribution in [2.24, 2.45) is 5.10 Å². The molecule has 3 N–H and O–H groups in total. The number of anilines is 2. The lowest BCUT2D eigenvalue weighted by Gasteiger charge is -2.11. The number of hydrogen-bond acceptors (Lipinski definition) is 6. The molecular weight excluding hydrogens is 364 g/mol. The predicted molar refractivity (Wildman–Crippen MR) is 107 cm³/mol. The molecule has 0 fully saturated rings. The lowest BCUT2D eigenvalue weighted by molar-refractivity contribution is -0.384.